The summed E-state index contributed by atoms with van der Waals surface area (Å²) in [5.41, 5.74) is 1.18. The highest BCUT2D eigenvalue weighted by molar-refractivity contribution is 5.04. The van der Waals surface area contributed by atoms with E-state index in [-0.39, 0.29) is 0 Å². The molecule has 1 unspecified atom stereocenters. The molecule has 2 rings (SSSR count). The van der Waals surface area contributed by atoms with E-state index >= 15 is 0 Å². The maximum atomic E-state index is 5.64. The number of nitrogens with one attached hydrogen (secondary N) is 1. The summed E-state index contributed by atoms with van der Waals surface area (Å²) < 4.78 is 10.6. The largest absolute Gasteiger partial charge is 0.472 e. The fourth-order valence-corrected chi connectivity index (χ4v) is 1.76. The molecule has 84 valence electrons. The average molecular weight is 210 g/mol. The van der Waals surface area contributed by atoms with E-state index < -0.39 is 0 Å². The van der Waals surface area contributed by atoms with Gasteiger partial charge < -0.3 is 19.4 Å². The number of nitrogens with zero attached hydrogens (tertiary/aromatic N) is 1. The molecular weight excluding hydrogens is 192 g/mol. The Bertz CT molecular complexity index is 274. The SMILES string of the molecule is CN1CCOC(CNCc2ccoc2)C1. The fourth-order valence-electron chi connectivity index (χ4n) is 1.76. The van der Waals surface area contributed by atoms with Crippen molar-refractivity contribution in [1.82, 2.24) is 10.2 Å². The van der Waals surface area contributed by atoms with Crippen molar-refractivity contribution in [2.45, 2.75) is 12.6 Å². The number of ether oxygens (including phenoxy) is 1. The third kappa shape index (κ3) is 3.34. The normalized spacial score (nSPS) is 23.1. The summed E-state index contributed by atoms with van der Waals surface area (Å²) in [6.45, 7) is 4.64. The van der Waals surface area contributed by atoms with Gasteiger partial charge in [0.25, 0.3) is 0 Å². The lowest BCUT2D eigenvalue weighted by Gasteiger charge is -2.30. The van der Waals surface area contributed by atoms with E-state index in [0.29, 0.717) is 6.10 Å². The maximum absolute atomic E-state index is 5.64. The topological polar surface area (TPSA) is 37.6 Å². The third-order valence-electron chi connectivity index (χ3n) is 2.62. The summed E-state index contributed by atoms with van der Waals surface area (Å²) >= 11 is 0. The zero-order chi connectivity index (χ0) is 10.5. The summed E-state index contributed by atoms with van der Waals surface area (Å²) in [6.07, 6.45) is 3.78. The highest BCUT2D eigenvalue weighted by atomic mass is 16.5. The second-order valence-corrected chi connectivity index (χ2v) is 4.02. The number of morpholine rings is 1. The zero-order valence-electron chi connectivity index (χ0n) is 9.11. The molecule has 15 heavy (non-hydrogen) atoms. The van der Waals surface area contributed by atoms with Gasteiger partial charge in [0.15, 0.2) is 0 Å². The zero-order valence-corrected chi connectivity index (χ0v) is 9.11. The minimum Gasteiger partial charge on any atom is -0.472 e. The van der Waals surface area contributed by atoms with E-state index in [1.165, 1.54) is 5.56 Å². The van der Waals surface area contributed by atoms with Crippen LogP contribution in [0.25, 0.3) is 0 Å². The van der Waals surface area contributed by atoms with E-state index in [9.17, 15) is 0 Å². The first-order valence-corrected chi connectivity index (χ1v) is 5.36. The van der Waals surface area contributed by atoms with Crippen LogP contribution in [0, 0.1) is 0 Å². The summed E-state index contributed by atoms with van der Waals surface area (Å²) in [7, 11) is 2.13. The Kier molecular flexibility index (Phi) is 3.77. The molecule has 1 N–H and O–H groups in total. The monoisotopic (exact) mass is 210 g/mol. The van der Waals surface area contributed by atoms with Crippen LogP contribution in [0.4, 0.5) is 0 Å². The van der Waals surface area contributed by atoms with Crippen molar-refractivity contribution >= 4 is 0 Å². The van der Waals surface area contributed by atoms with Crippen LogP contribution < -0.4 is 5.32 Å². The van der Waals surface area contributed by atoms with Crippen molar-refractivity contribution in [2.24, 2.45) is 0 Å². The fraction of sp³-hybridized carbons (Fsp3) is 0.636. The van der Waals surface area contributed by atoms with E-state index in [1.807, 2.05) is 6.07 Å². The predicted molar refractivity (Wildman–Crippen MR) is 57.7 cm³/mol. The van der Waals surface area contributed by atoms with Gasteiger partial charge in [0.2, 0.25) is 0 Å². The first-order valence-electron chi connectivity index (χ1n) is 5.36. The Morgan fingerprint density at radius 2 is 2.53 bits per heavy atom. The van der Waals surface area contributed by atoms with Gasteiger partial charge in [0, 0.05) is 31.7 Å². The molecule has 1 aromatic heterocycles. The van der Waals surface area contributed by atoms with Crippen LogP contribution >= 0.6 is 0 Å². The van der Waals surface area contributed by atoms with Crippen LogP contribution in [0.15, 0.2) is 23.0 Å². The molecule has 1 aromatic rings. The molecule has 4 nitrogen and oxygen atoms in total. The van der Waals surface area contributed by atoms with E-state index in [1.54, 1.807) is 12.5 Å². The minimum absolute atomic E-state index is 0.315. The molecule has 0 aromatic carbocycles. The van der Waals surface area contributed by atoms with Crippen LogP contribution in [0.3, 0.4) is 0 Å². The molecule has 1 aliphatic heterocycles. The molecule has 0 spiro atoms. The van der Waals surface area contributed by atoms with Crippen molar-refractivity contribution in [3.05, 3.63) is 24.2 Å². The van der Waals surface area contributed by atoms with Gasteiger partial charge >= 0.3 is 0 Å². The van der Waals surface area contributed by atoms with Crippen molar-refractivity contribution in [3.8, 4) is 0 Å². The number of likely N-dealkylation sites (N-methyl/N-ethyl adjacent to an activating group) is 1. The molecule has 0 bridgehead atoms. The van der Waals surface area contributed by atoms with Gasteiger partial charge in [-0.1, -0.05) is 0 Å². The summed E-state index contributed by atoms with van der Waals surface area (Å²) in [5.74, 6) is 0. The van der Waals surface area contributed by atoms with Crippen LogP contribution in [-0.4, -0.2) is 44.3 Å². The molecule has 0 amide bonds. The van der Waals surface area contributed by atoms with Gasteiger partial charge in [-0.3, -0.25) is 0 Å². The molecule has 1 fully saturated rings. The summed E-state index contributed by atoms with van der Waals surface area (Å²) in [4.78, 5) is 2.30. The van der Waals surface area contributed by atoms with Gasteiger partial charge in [-0.05, 0) is 13.1 Å². The van der Waals surface area contributed by atoms with Crippen LogP contribution in [0.2, 0.25) is 0 Å². The first kappa shape index (κ1) is 10.7. The molecule has 0 saturated carbocycles. The van der Waals surface area contributed by atoms with Crippen molar-refractivity contribution < 1.29 is 9.15 Å². The molecule has 0 aliphatic carbocycles. The van der Waals surface area contributed by atoms with Crippen LogP contribution in [0.5, 0.6) is 0 Å². The lowest BCUT2D eigenvalue weighted by molar-refractivity contribution is -0.0182. The standard InChI is InChI=1S/C11H18N2O2/c1-13-3-5-15-11(8-13)7-12-6-10-2-4-14-9-10/h2,4,9,11-12H,3,5-8H2,1H3. The van der Waals surface area contributed by atoms with Crippen molar-refractivity contribution in [3.63, 3.8) is 0 Å². The first-order chi connectivity index (χ1) is 7.34. The summed E-state index contributed by atoms with van der Waals surface area (Å²) in [5, 5.41) is 3.37. The van der Waals surface area contributed by atoms with Crippen molar-refractivity contribution in [2.75, 3.05) is 33.3 Å². The molecular formula is C11H18N2O2. The van der Waals surface area contributed by atoms with Gasteiger partial charge in [-0.15, -0.1) is 0 Å². The molecule has 4 heteroatoms. The Morgan fingerprint density at radius 1 is 1.60 bits per heavy atom. The van der Waals surface area contributed by atoms with E-state index in [4.69, 9.17) is 9.15 Å². The average Bonchev–Trinajstić information content (AvgIpc) is 2.71. The Morgan fingerprint density at radius 3 is 3.27 bits per heavy atom. The van der Waals surface area contributed by atoms with Gasteiger partial charge in [0.1, 0.15) is 0 Å². The smallest absolute Gasteiger partial charge is 0.0947 e. The molecule has 0 radical (unpaired) electrons. The molecule has 1 saturated heterocycles. The van der Waals surface area contributed by atoms with Crippen LogP contribution in [-0.2, 0) is 11.3 Å². The number of rotatable bonds is 4. The van der Waals surface area contributed by atoms with E-state index in [2.05, 4.69) is 17.3 Å². The molecule has 1 atom stereocenters. The Hall–Kier alpha value is -0.840. The van der Waals surface area contributed by atoms with E-state index in [0.717, 1.165) is 32.8 Å². The Labute approximate surface area is 90.2 Å². The third-order valence-corrected chi connectivity index (χ3v) is 2.62. The van der Waals surface area contributed by atoms with Gasteiger partial charge in [-0.25, -0.2) is 0 Å². The lowest BCUT2D eigenvalue weighted by Crippen LogP contribution is -2.44. The van der Waals surface area contributed by atoms with Crippen LogP contribution in [0.1, 0.15) is 5.56 Å². The molecule has 1 aliphatic rings. The highest BCUT2D eigenvalue weighted by Crippen LogP contribution is 2.03. The second kappa shape index (κ2) is 5.30. The lowest BCUT2D eigenvalue weighted by atomic mass is 10.2. The number of hydrogen-bond donors (Lipinski definition) is 1. The quantitative estimate of drug-likeness (QED) is 0.794. The number of hydrogen-bond acceptors (Lipinski definition) is 4. The minimum atomic E-state index is 0.315. The number of furan rings is 1. The summed E-state index contributed by atoms with van der Waals surface area (Å²) in [6, 6.07) is 1.97. The predicted octanol–water partition coefficient (Wildman–Crippen LogP) is 0.700. The van der Waals surface area contributed by atoms with Crippen molar-refractivity contribution in [1.29, 1.82) is 0 Å². The maximum Gasteiger partial charge on any atom is 0.0947 e. The highest BCUT2D eigenvalue weighted by Gasteiger charge is 2.16. The second-order valence-electron chi connectivity index (χ2n) is 4.02. The molecule has 2 heterocycles. The Balaban J connectivity index is 1.65. The van der Waals surface area contributed by atoms with Gasteiger partial charge in [0.05, 0.1) is 25.2 Å². The van der Waals surface area contributed by atoms with Gasteiger partial charge in [-0.2, -0.15) is 0 Å².